The Morgan fingerprint density at radius 1 is 1.12 bits per heavy atom. The third kappa shape index (κ3) is 77.6. The summed E-state index contributed by atoms with van der Waals surface area (Å²) in [4.78, 5) is 0. The number of rotatable bonds is 0. The van der Waals surface area contributed by atoms with Gasteiger partial charge in [0.25, 0.3) is 0 Å². The summed E-state index contributed by atoms with van der Waals surface area (Å²) in [5.41, 5.74) is 0. The molecule has 0 N–H and O–H groups in total. The second-order valence-corrected chi connectivity index (χ2v) is 1.22. The van der Waals surface area contributed by atoms with Crippen molar-refractivity contribution in [3.63, 3.8) is 0 Å². The third-order valence-electron chi connectivity index (χ3n) is 0. The van der Waals surface area contributed by atoms with E-state index in [2.05, 4.69) is 0 Å². The Balaban J connectivity index is -0.0000000133. The first-order valence-corrected chi connectivity index (χ1v) is 2.00. The van der Waals surface area contributed by atoms with E-state index in [0.29, 0.717) is 0 Å². The molecule has 34 valence electrons. The number of hydrogen-bond acceptors (Lipinski definition) is 4. The topological polar surface area (TPSA) is 80.3 Å². The molecule has 0 amide bonds. The van der Waals surface area contributed by atoms with Gasteiger partial charge in [0, 0.05) is 10.4 Å². The Bertz CT molecular complexity index is 102. The molecule has 0 aliphatic heterocycles. The van der Waals surface area contributed by atoms with E-state index in [0.717, 1.165) is 0 Å². The van der Waals surface area contributed by atoms with Gasteiger partial charge < -0.3 is 10.5 Å². The molecule has 0 aromatic heterocycles. The van der Waals surface area contributed by atoms with Crippen molar-refractivity contribution >= 4 is 10.4 Å². The van der Waals surface area contributed by atoms with Gasteiger partial charge in [-0.1, -0.05) is 0 Å². The van der Waals surface area contributed by atoms with E-state index in [1.807, 2.05) is 0 Å². The first-order valence-electron chi connectivity index (χ1n) is 0.667. The molecule has 0 saturated carbocycles. The van der Waals surface area contributed by atoms with Crippen LogP contribution >= 0.6 is 0 Å². The molecule has 8 heteroatoms. The summed E-state index contributed by atoms with van der Waals surface area (Å²) in [5.74, 6) is 0. The zero-order valence-corrected chi connectivity index (χ0v) is 9.86. The maximum Gasteiger partial charge on any atom is 1.00 e. The van der Waals surface area contributed by atoms with Crippen molar-refractivity contribution < 1.29 is 96.9 Å². The van der Waals surface area contributed by atoms with Gasteiger partial charge in [0.15, 0.2) is 0 Å². The van der Waals surface area contributed by atoms with E-state index in [9.17, 15) is 0 Å². The molecule has 0 aromatic carbocycles. The van der Waals surface area contributed by atoms with Crippen LogP contribution in [-0.2, 0) is 10.4 Å². The predicted octanol–water partition coefficient (Wildman–Crippen LogP) is -10.2. The molecule has 4 nitrogen and oxygen atoms in total. The summed E-state index contributed by atoms with van der Waals surface area (Å²) in [6.07, 6.45) is 0. The molecular formula is HLiNa2O4S. The van der Waals surface area contributed by atoms with Gasteiger partial charge in [-0.05, 0) is 0 Å². The molecule has 0 aliphatic rings. The zero-order chi connectivity index (χ0) is 4.50. The summed E-state index contributed by atoms with van der Waals surface area (Å²) >= 11 is 0. The van der Waals surface area contributed by atoms with Crippen LogP contribution in [-0.4, -0.2) is 17.5 Å². The van der Waals surface area contributed by atoms with E-state index in [4.69, 9.17) is 17.5 Å². The fraction of sp³-hybridized carbons (Fsp3) is 0. The molecule has 0 bridgehead atoms. The molecule has 0 aliphatic carbocycles. The van der Waals surface area contributed by atoms with Gasteiger partial charge in [-0.2, -0.15) is 0 Å². The average molecular weight is 150 g/mol. The van der Waals surface area contributed by atoms with Crippen molar-refractivity contribution in [3.05, 3.63) is 0 Å². The fourth-order valence-corrected chi connectivity index (χ4v) is 0. The smallest absolute Gasteiger partial charge is 1.00 e. The molecular weight excluding hydrogens is 149 g/mol. The van der Waals surface area contributed by atoms with Crippen LogP contribution in [0, 0.1) is 0 Å². The van der Waals surface area contributed by atoms with Gasteiger partial charge in [0.05, 0.1) is 0 Å². The Morgan fingerprint density at radius 3 is 1.12 bits per heavy atom. The van der Waals surface area contributed by atoms with Crippen molar-refractivity contribution in [2.45, 2.75) is 0 Å². The van der Waals surface area contributed by atoms with Crippen molar-refractivity contribution in [1.82, 2.24) is 0 Å². The van der Waals surface area contributed by atoms with Gasteiger partial charge in [0.2, 0.25) is 0 Å². The second-order valence-electron chi connectivity index (χ2n) is 0.408. The first kappa shape index (κ1) is 22.4. The minimum atomic E-state index is -5.17. The van der Waals surface area contributed by atoms with Gasteiger partial charge in [-0.3, -0.25) is 8.42 Å². The summed E-state index contributed by atoms with van der Waals surface area (Å²) in [7, 11) is -5.17. The Hall–Kier alpha value is 2.47. The largest absolute Gasteiger partial charge is 1.00 e. The van der Waals surface area contributed by atoms with Crippen LogP contribution in [0.15, 0.2) is 0 Å². The maximum atomic E-state index is 8.52. The predicted molar refractivity (Wildman–Crippen MR) is 11.6 cm³/mol. The van der Waals surface area contributed by atoms with Crippen LogP contribution in [0.25, 0.3) is 0 Å². The zero-order valence-electron chi connectivity index (χ0n) is 6.04. The van der Waals surface area contributed by atoms with E-state index >= 15 is 0 Å². The minimum Gasteiger partial charge on any atom is -1.00 e. The molecule has 0 heterocycles. The Kier molecular flexibility index (Phi) is 26.5. The van der Waals surface area contributed by atoms with E-state index < -0.39 is 10.4 Å². The van der Waals surface area contributed by atoms with Gasteiger partial charge in [-0.25, -0.2) is 0 Å². The van der Waals surface area contributed by atoms with Crippen LogP contribution in [0.4, 0.5) is 0 Å². The van der Waals surface area contributed by atoms with Crippen LogP contribution in [0.5, 0.6) is 0 Å². The molecule has 0 fully saturated rings. The second kappa shape index (κ2) is 9.47. The molecule has 0 saturated heterocycles. The standard InChI is InChI=1S/Li.2Na.H2O4S.H/c;;;1-5(2,3)4;/h;;;(H2,1,2,3,4);/q3*+1;;-1/p-2. The first-order chi connectivity index (χ1) is 2.00. The Labute approximate surface area is 106 Å². The van der Waals surface area contributed by atoms with Gasteiger partial charge in [-0.15, -0.1) is 0 Å². The summed E-state index contributed by atoms with van der Waals surface area (Å²) in [6.45, 7) is 0. The summed E-state index contributed by atoms with van der Waals surface area (Å²) in [6, 6.07) is 0. The molecule has 0 spiro atoms. The van der Waals surface area contributed by atoms with Crippen molar-refractivity contribution in [2.24, 2.45) is 0 Å². The van der Waals surface area contributed by atoms with Crippen molar-refractivity contribution in [1.29, 1.82) is 0 Å². The van der Waals surface area contributed by atoms with Crippen LogP contribution < -0.4 is 78.0 Å². The quantitative estimate of drug-likeness (QED) is 0.195. The average Bonchev–Trinajstić information content (AvgIpc) is 0.722. The van der Waals surface area contributed by atoms with Crippen LogP contribution in [0.3, 0.4) is 0 Å². The molecule has 0 rings (SSSR count). The van der Waals surface area contributed by atoms with Gasteiger partial charge in [0.1, 0.15) is 0 Å². The Morgan fingerprint density at radius 2 is 1.12 bits per heavy atom. The number of hydrogen-bond donors (Lipinski definition) is 0. The fourth-order valence-electron chi connectivity index (χ4n) is 0. The van der Waals surface area contributed by atoms with Gasteiger partial charge >= 0.3 is 78.0 Å². The van der Waals surface area contributed by atoms with Crippen LogP contribution in [0.2, 0.25) is 0 Å². The maximum absolute atomic E-state index is 8.52. The minimum absolute atomic E-state index is 0. The third-order valence-corrected chi connectivity index (χ3v) is 0. The van der Waals surface area contributed by atoms with E-state index in [-0.39, 0.29) is 79.4 Å². The molecule has 0 aromatic rings. The summed E-state index contributed by atoms with van der Waals surface area (Å²) in [5, 5.41) is 0. The SMILES string of the molecule is O=S(=O)([O-])[O-].[H-].[Li+].[Na+].[Na+]. The molecule has 0 radical (unpaired) electrons. The molecule has 8 heavy (non-hydrogen) atoms. The molecule has 0 unspecified atom stereocenters. The van der Waals surface area contributed by atoms with E-state index in [1.54, 1.807) is 0 Å². The van der Waals surface area contributed by atoms with E-state index in [1.165, 1.54) is 0 Å². The monoisotopic (exact) mass is 150 g/mol. The van der Waals surface area contributed by atoms with Crippen LogP contribution in [0.1, 0.15) is 1.43 Å². The summed E-state index contributed by atoms with van der Waals surface area (Å²) < 4.78 is 34.1. The molecule has 0 atom stereocenters. The van der Waals surface area contributed by atoms with Crippen molar-refractivity contribution in [3.8, 4) is 0 Å². The normalized spacial score (nSPS) is 7.25. The van der Waals surface area contributed by atoms with Crippen molar-refractivity contribution in [2.75, 3.05) is 0 Å².